The zero-order valence-electron chi connectivity index (χ0n) is 24.4. The van der Waals surface area contributed by atoms with E-state index in [1.54, 1.807) is 78.9 Å². The van der Waals surface area contributed by atoms with Gasteiger partial charge >= 0.3 is 18.1 Å². The van der Waals surface area contributed by atoms with E-state index >= 15 is 0 Å². The van der Waals surface area contributed by atoms with Crippen LogP contribution in [0.2, 0.25) is 0 Å². The molecule has 0 saturated carbocycles. The number of esters is 2. The number of carbonyl (C=O) groups excluding carboxylic acids is 3. The minimum absolute atomic E-state index is 0.272. The second kappa shape index (κ2) is 12.2. The molecule has 3 fully saturated rings. The van der Waals surface area contributed by atoms with E-state index in [0.29, 0.717) is 28.8 Å². The summed E-state index contributed by atoms with van der Waals surface area (Å²) in [4.78, 5) is 40.3. The van der Waals surface area contributed by atoms with Crippen LogP contribution in [-0.2, 0) is 29.3 Å². The van der Waals surface area contributed by atoms with E-state index in [-0.39, 0.29) is 6.10 Å². The molecule has 3 aliphatic heterocycles. The van der Waals surface area contributed by atoms with Crippen LogP contribution >= 0.6 is 0 Å². The van der Waals surface area contributed by atoms with Crippen molar-refractivity contribution < 1.29 is 37.8 Å². The Kier molecular flexibility index (Phi) is 8.21. The van der Waals surface area contributed by atoms with Gasteiger partial charge in [-0.3, -0.25) is 0 Å². The number of quaternary nitrogens is 1. The van der Waals surface area contributed by atoms with Crippen LogP contribution in [-0.4, -0.2) is 60.1 Å². The Labute approximate surface area is 252 Å². The molecule has 1 spiro atoms. The number of hydrogen-bond acceptors (Lipinski definition) is 7. The lowest BCUT2D eigenvalue weighted by atomic mass is 9.85. The molecule has 224 valence electrons. The summed E-state index contributed by atoms with van der Waals surface area (Å²) in [7, 11) is 0. The fourth-order valence-corrected chi connectivity index (χ4v) is 7.55. The number of benzene rings is 3. The molecule has 8 heteroatoms. The van der Waals surface area contributed by atoms with E-state index in [0.717, 1.165) is 25.7 Å². The third-order valence-electron chi connectivity index (χ3n) is 9.46. The maximum absolute atomic E-state index is 14.4. The Bertz CT molecular complexity index is 1370. The van der Waals surface area contributed by atoms with Gasteiger partial charge in [0.05, 0.1) is 30.7 Å². The standard InChI is InChI=1S/C35H38NO7/c1-25(40-32(37)26-13-5-2-6-14-26)41-34(39)43-35(27-15-7-3-8-16-27,28-17-9-4-10-18-28)33(38)42-31-23-29-19-20-30(24-31)36(29)21-11-12-22-36/h2-10,13-18,25,29-31H,11-12,19-24H2,1H3/q+1. The molecule has 0 radical (unpaired) electrons. The van der Waals surface area contributed by atoms with Gasteiger partial charge in [-0.2, -0.15) is 0 Å². The van der Waals surface area contributed by atoms with E-state index in [9.17, 15) is 14.4 Å². The van der Waals surface area contributed by atoms with E-state index in [1.165, 1.54) is 37.3 Å². The predicted molar refractivity (Wildman–Crippen MR) is 158 cm³/mol. The molecule has 3 aliphatic rings. The van der Waals surface area contributed by atoms with Gasteiger partial charge in [0, 0.05) is 56.6 Å². The normalized spacial score (nSPS) is 22.9. The second-order valence-electron chi connectivity index (χ2n) is 11.9. The zero-order valence-corrected chi connectivity index (χ0v) is 24.4. The van der Waals surface area contributed by atoms with Crippen LogP contribution in [0.4, 0.5) is 4.79 Å². The lowest BCUT2D eigenvalue weighted by Gasteiger charge is -2.47. The van der Waals surface area contributed by atoms with Crippen molar-refractivity contribution >= 4 is 18.1 Å². The molecule has 6 rings (SSSR count). The molecular formula is C35H38NO7+. The molecule has 3 saturated heterocycles. The second-order valence-corrected chi connectivity index (χ2v) is 11.9. The van der Waals surface area contributed by atoms with Crippen molar-refractivity contribution in [3.63, 3.8) is 0 Å². The average Bonchev–Trinajstić information content (AvgIpc) is 3.57. The fourth-order valence-electron chi connectivity index (χ4n) is 7.55. The highest BCUT2D eigenvalue weighted by atomic mass is 16.8. The molecule has 3 heterocycles. The quantitative estimate of drug-likeness (QED) is 0.136. The van der Waals surface area contributed by atoms with Crippen LogP contribution < -0.4 is 0 Å². The van der Waals surface area contributed by atoms with Gasteiger partial charge in [-0.15, -0.1) is 0 Å². The van der Waals surface area contributed by atoms with Crippen LogP contribution in [0, 0.1) is 0 Å². The maximum atomic E-state index is 14.4. The lowest BCUT2D eigenvalue weighted by Crippen LogP contribution is -2.60. The molecule has 8 nitrogen and oxygen atoms in total. The van der Waals surface area contributed by atoms with Gasteiger partial charge in [-0.1, -0.05) is 78.9 Å². The third-order valence-corrected chi connectivity index (χ3v) is 9.46. The predicted octanol–water partition coefficient (Wildman–Crippen LogP) is 6.13. The van der Waals surface area contributed by atoms with Crippen LogP contribution in [0.25, 0.3) is 0 Å². The SMILES string of the molecule is CC(OC(=O)OC(C(=O)OC1CC2CCC(C1)[N+]21CCCC1)(c1ccccc1)c1ccccc1)OC(=O)c1ccccc1. The summed E-state index contributed by atoms with van der Waals surface area (Å²) in [6.07, 6.45) is 3.74. The highest BCUT2D eigenvalue weighted by molar-refractivity contribution is 5.90. The van der Waals surface area contributed by atoms with Gasteiger partial charge in [0.2, 0.25) is 6.29 Å². The third kappa shape index (κ3) is 5.64. The summed E-state index contributed by atoms with van der Waals surface area (Å²) >= 11 is 0. The molecule has 0 aliphatic carbocycles. The fraction of sp³-hybridized carbons (Fsp3) is 0.400. The average molecular weight is 585 g/mol. The number of hydrogen-bond donors (Lipinski definition) is 0. The van der Waals surface area contributed by atoms with E-state index in [2.05, 4.69) is 0 Å². The number of rotatable bonds is 8. The smallest absolute Gasteiger partial charge is 0.458 e. The number of ether oxygens (including phenoxy) is 4. The first-order valence-electron chi connectivity index (χ1n) is 15.2. The molecule has 2 bridgehead atoms. The Hall–Kier alpha value is -4.17. The highest BCUT2D eigenvalue weighted by Crippen LogP contribution is 2.47. The molecule has 43 heavy (non-hydrogen) atoms. The summed E-state index contributed by atoms with van der Waals surface area (Å²) in [5.41, 5.74) is -0.755. The lowest BCUT2D eigenvalue weighted by molar-refractivity contribution is -0.956. The molecule has 0 N–H and O–H groups in total. The molecule has 3 unspecified atom stereocenters. The Balaban J connectivity index is 1.25. The minimum Gasteiger partial charge on any atom is -0.458 e. The monoisotopic (exact) mass is 584 g/mol. The number of nitrogens with zero attached hydrogens (tertiary/aromatic N) is 1. The largest absolute Gasteiger partial charge is 0.513 e. The zero-order chi connectivity index (χ0) is 29.9. The number of piperidine rings is 1. The summed E-state index contributed by atoms with van der Waals surface area (Å²) in [6, 6.07) is 27.1. The van der Waals surface area contributed by atoms with Gasteiger partial charge in [0.15, 0.2) is 0 Å². The summed E-state index contributed by atoms with van der Waals surface area (Å²) < 4.78 is 24.2. The molecule has 0 aromatic heterocycles. The van der Waals surface area contributed by atoms with E-state index in [1.807, 2.05) is 12.1 Å². The first kappa shape index (κ1) is 28.9. The van der Waals surface area contributed by atoms with Gasteiger partial charge in [0.1, 0.15) is 6.10 Å². The Morgan fingerprint density at radius 1 is 0.744 bits per heavy atom. The van der Waals surface area contributed by atoms with Crippen molar-refractivity contribution in [2.45, 2.75) is 75.5 Å². The summed E-state index contributed by atoms with van der Waals surface area (Å²) in [5.74, 6) is -1.32. The van der Waals surface area contributed by atoms with Crippen LogP contribution in [0.3, 0.4) is 0 Å². The first-order chi connectivity index (χ1) is 20.9. The van der Waals surface area contributed by atoms with Gasteiger partial charge in [0.25, 0.3) is 5.60 Å². The molecular weight excluding hydrogens is 546 g/mol. The van der Waals surface area contributed by atoms with Gasteiger partial charge in [-0.05, 0) is 12.1 Å². The van der Waals surface area contributed by atoms with Crippen LogP contribution in [0.1, 0.15) is 66.9 Å². The van der Waals surface area contributed by atoms with Gasteiger partial charge < -0.3 is 23.4 Å². The van der Waals surface area contributed by atoms with Crippen molar-refractivity contribution in [1.29, 1.82) is 0 Å². The van der Waals surface area contributed by atoms with Gasteiger partial charge in [-0.25, -0.2) is 14.4 Å². The van der Waals surface area contributed by atoms with Crippen molar-refractivity contribution in [1.82, 2.24) is 0 Å². The molecule has 3 aromatic rings. The van der Waals surface area contributed by atoms with Crippen molar-refractivity contribution in [2.24, 2.45) is 0 Å². The Morgan fingerprint density at radius 2 is 1.26 bits per heavy atom. The summed E-state index contributed by atoms with van der Waals surface area (Å²) in [5, 5.41) is 0. The number of carbonyl (C=O) groups is 3. The Morgan fingerprint density at radius 3 is 1.79 bits per heavy atom. The van der Waals surface area contributed by atoms with Crippen LogP contribution in [0.15, 0.2) is 91.0 Å². The summed E-state index contributed by atoms with van der Waals surface area (Å²) in [6.45, 7) is 3.86. The topological polar surface area (TPSA) is 88.1 Å². The van der Waals surface area contributed by atoms with E-state index in [4.69, 9.17) is 18.9 Å². The highest BCUT2D eigenvalue weighted by Gasteiger charge is 2.57. The maximum Gasteiger partial charge on any atom is 0.513 e. The molecule has 0 amide bonds. The van der Waals surface area contributed by atoms with E-state index < -0.39 is 30.0 Å². The molecule has 3 aromatic carbocycles. The van der Waals surface area contributed by atoms with Crippen LogP contribution in [0.5, 0.6) is 0 Å². The first-order valence-corrected chi connectivity index (χ1v) is 15.2. The van der Waals surface area contributed by atoms with Crippen molar-refractivity contribution in [3.8, 4) is 0 Å². The van der Waals surface area contributed by atoms with Crippen molar-refractivity contribution in [2.75, 3.05) is 13.1 Å². The minimum atomic E-state index is -1.93. The molecule has 3 atom stereocenters. The van der Waals surface area contributed by atoms with Crippen molar-refractivity contribution in [3.05, 3.63) is 108 Å².